The lowest BCUT2D eigenvalue weighted by molar-refractivity contribution is 0.0955. The molecule has 1 N–H and O–H groups in total. The molecule has 0 aliphatic heterocycles. The molecule has 0 radical (unpaired) electrons. The van der Waals surface area contributed by atoms with Crippen molar-refractivity contribution in [2.24, 2.45) is 5.10 Å². The van der Waals surface area contributed by atoms with Crippen molar-refractivity contribution in [3.8, 4) is 0 Å². The quantitative estimate of drug-likeness (QED) is 0.402. The van der Waals surface area contributed by atoms with E-state index in [1.165, 1.54) is 11.4 Å². The maximum absolute atomic E-state index is 12.8. The first kappa shape index (κ1) is 23.6. The molecule has 1 amide bonds. The second kappa shape index (κ2) is 9.14. The predicted molar refractivity (Wildman–Crippen MR) is 139 cm³/mol. The highest BCUT2D eigenvalue weighted by Gasteiger charge is 2.29. The number of Topliss-reactive ketones (excluding diaryl/α,β-unsaturated/α-hetero) is 1. The predicted octanol–water partition coefficient (Wildman–Crippen LogP) is 4.30. The average Bonchev–Trinajstić information content (AvgIpc) is 3.16. The summed E-state index contributed by atoms with van der Waals surface area (Å²) in [6.07, 6.45) is 0. The summed E-state index contributed by atoms with van der Waals surface area (Å²) in [6, 6.07) is 24.4. The van der Waals surface area contributed by atoms with E-state index in [1.807, 2.05) is 37.3 Å². The van der Waals surface area contributed by atoms with Gasteiger partial charge in [-0.3, -0.25) is 9.59 Å². The topological polar surface area (TPSA) is 95.9 Å². The maximum Gasteiger partial charge on any atom is 0.271 e. The van der Waals surface area contributed by atoms with Crippen molar-refractivity contribution in [2.75, 3.05) is 7.05 Å². The van der Waals surface area contributed by atoms with Gasteiger partial charge in [0.05, 0.1) is 4.90 Å². The number of amides is 1. The summed E-state index contributed by atoms with van der Waals surface area (Å²) in [5.74, 6) is -0.694. The van der Waals surface area contributed by atoms with Crippen LogP contribution in [0.2, 0.25) is 0 Å². The second-order valence-electron chi connectivity index (χ2n) is 8.71. The lowest BCUT2D eigenvalue weighted by Gasteiger charge is -2.17. The molecule has 36 heavy (non-hydrogen) atoms. The summed E-state index contributed by atoms with van der Waals surface area (Å²) in [7, 11) is -2.12. The fraction of sp³-hybridized carbons (Fsp3) is 0.107. The summed E-state index contributed by atoms with van der Waals surface area (Å²) in [4.78, 5) is 25.8. The van der Waals surface area contributed by atoms with Crippen molar-refractivity contribution < 1.29 is 18.0 Å². The molecule has 0 saturated heterocycles. The number of nitrogens with zero attached hydrogens (tertiary/aromatic N) is 2. The number of nitrogens with one attached hydrogen (secondary N) is 1. The molecule has 0 bridgehead atoms. The first-order valence-corrected chi connectivity index (χ1v) is 12.8. The minimum atomic E-state index is -3.64. The van der Waals surface area contributed by atoms with Crippen LogP contribution < -0.4 is 5.43 Å². The molecule has 0 spiro atoms. The number of carbonyl (C=O) groups is 2. The summed E-state index contributed by atoms with van der Waals surface area (Å²) in [5.41, 5.74) is 6.00. The first-order valence-electron chi connectivity index (χ1n) is 11.3. The second-order valence-corrected chi connectivity index (χ2v) is 10.8. The third kappa shape index (κ3) is 4.21. The minimum Gasteiger partial charge on any atom is -0.287 e. The first-order chi connectivity index (χ1) is 17.3. The Morgan fingerprint density at radius 2 is 1.53 bits per heavy atom. The average molecular weight is 498 g/mol. The molecule has 4 aromatic rings. The van der Waals surface area contributed by atoms with Crippen LogP contribution >= 0.6 is 0 Å². The Hall–Kier alpha value is -4.14. The van der Waals surface area contributed by atoms with Gasteiger partial charge in [-0.15, -0.1) is 0 Å². The van der Waals surface area contributed by atoms with E-state index >= 15 is 0 Å². The molecular formula is C28H23N3O4S. The van der Waals surface area contributed by atoms with E-state index in [1.54, 1.807) is 54.6 Å². The molecule has 8 heteroatoms. The lowest BCUT2D eigenvalue weighted by atomic mass is 10.1. The van der Waals surface area contributed by atoms with Crippen LogP contribution in [0, 0.1) is 6.92 Å². The SMILES string of the molecule is Cc1ccc(S(=O)(=O)N(C)Cc2ccc(C(=O)NN=C3C(=O)c4cccc5cccc3c45)cc2)cc1. The van der Waals surface area contributed by atoms with Gasteiger partial charge in [-0.25, -0.2) is 13.8 Å². The van der Waals surface area contributed by atoms with E-state index in [4.69, 9.17) is 0 Å². The Morgan fingerprint density at radius 3 is 2.19 bits per heavy atom. The number of carbonyl (C=O) groups excluding carboxylic acids is 2. The van der Waals surface area contributed by atoms with Gasteiger partial charge in [0, 0.05) is 35.7 Å². The van der Waals surface area contributed by atoms with Gasteiger partial charge in [0.2, 0.25) is 15.8 Å². The van der Waals surface area contributed by atoms with Crippen molar-refractivity contribution >= 4 is 38.2 Å². The van der Waals surface area contributed by atoms with Gasteiger partial charge in [-0.1, -0.05) is 66.2 Å². The van der Waals surface area contributed by atoms with Gasteiger partial charge in [-0.05, 0) is 42.1 Å². The van der Waals surface area contributed by atoms with Gasteiger partial charge >= 0.3 is 0 Å². The lowest BCUT2D eigenvalue weighted by Crippen LogP contribution is -2.26. The zero-order valence-electron chi connectivity index (χ0n) is 19.7. The number of hydrogen-bond acceptors (Lipinski definition) is 5. The molecular weight excluding hydrogens is 474 g/mol. The largest absolute Gasteiger partial charge is 0.287 e. The number of ketones is 1. The van der Waals surface area contributed by atoms with Gasteiger partial charge in [0.25, 0.3) is 5.91 Å². The zero-order valence-corrected chi connectivity index (χ0v) is 20.5. The monoisotopic (exact) mass is 497 g/mol. The van der Waals surface area contributed by atoms with Crippen molar-refractivity contribution in [2.45, 2.75) is 18.4 Å². The van der Waals surface area contributed by atoms with Gasteiger partial charge in [0.1, 0.15) is 5.71 Å². The summed E-state index contributed by atoms with van der Waals surface area (Å²) >= 11 is 0. The van der Waals surface area contributed by atoms with E-state index in [2.05, 4.69) is 10.5 Å². The molecule has 0 unspecified atom stereocenters. The molecule has 4 aromatic carbocycles. The third-order valence-corrected chi connectivity index (χ3v) is 8.06. The van der Waals surface area contributed by atoms with Crippen molar-refractivity contribution in [3.05, 3.63) is 113 Å². The van der Waals surface area contributed by atoms with Crippen LogP contribution in [0.5, 0.6) is 0 Å². The Labute approximate surface area is 209 Å². The Balaban J connectivity index is 1.29. The molecule has 0 atom stereocenters. The number of benzene rings is 4. The molecule has 0 aromatic heterocycles. The van der Waals surface area contributed by atoms with Crippen molar-refractivity contribution in [1.29, 1.82) is 0 Å². The van der Waals surface area contributed by atoms with Crippen molar-refractivity contribution in [1.82, 2.24) is 9.73 Å². The fourth-order valence-electron chi connectivity index (χ4n) is 4.25. The van der Waals surface area contributed by atoms with E-state index in [9.17, 15) is 18.0 Å². The van der Waals surface area contributed by atoms with Crippen LogP contribution in [0.3, 0.4) is 0 Å². The summed E-state index contributed by atoms with van der Waals surface area (Å²) in [6.45, 7) is 2.05. The minimum absolute atomic E-state index is 0.150. The molecule has 1 aliphatic carbocycles. The van der Waals surface area contributed by atoms with Gasteiger partial charge in [0.15, 0.2) is 0 Å². The molecule has 1 aliphatic rings. The number of rotatable bonds is 6. The van der Waals surface area contributed by atoms with Crippen LogP contribution in [0.4, 0.5) is 0 Å². The highest BCUT2D eigenvalue weighted by atomic mass is 32.2. The van der Waals surface area contributed by atoms with E-state index in [0.29, 0.717) is 16.7 Å². The highest BCUT2D eigenvalue weighted by molar-refractivity contribution is 7.89. The van der Waals surface area contributed by atoms with Crippen LogP contribution in [0.1, 0.15) is 37.4 Å². The summed E-state index contributed by atoms with van der Waals surface area (Å²) < 4.78 is 26.9. The van der Waals surface area contributed by atoms with E-state index < -0.39 is 15.9 Å². The van der Waals surface area contributed by atoms with E-state index in [-0.39, 0.29) is 22.9 Å². The fourth-order valence-corrected chi connectivity index (χ4v) is 5.41. The van der Waals surface area contributed by atoms with Gasteiger partial charge in [-0.2, -0.15) is 9.41 Å². The smallest absolute Gasteiger partial charge is 0.271 e. The molecule has 7 nitrogen and oxygen atoms in total. The molecule has 0 fully saturated rings. The summed E-state index contributed by atoms with van der Waals surface area (Å²) in [5, 5.41) is 5.93. The number of hydrazone groups is 1. The highest BCUT2D eigenvalue weighted by Crippen LogP contribution is 2.30. The van der Waals surface area contributed by atoms with Gasteiger partial charge < -0.3 is 0 Å². The Morgan fingerprint density at radius 1 is 0.889 bits per heavy atom. The zero-order chi connectivity index (χ0) is 25.4. The number of aryl methyl sites for hydroxylation is 1. The number of sulfonamides is 1. The van der Waals surface area contributed by atoms with Crippen LogP contribution in [0.15, 0.2) is 94.9 Å². The molecule has 180 valence electrons. The normalized spacial score (nSPS) is 14.1. The number of hydrogen-bond donors (Lipinski definition) is 1. The standard InChI is InChI=1S/C28H23N3O4S/c1-18-9-15-22(16-10-18)36(34,35)31(2)17-19-11-13-21(14-12-19)28(33)30-29-26-23-7-3-5-20-6-4-8-24(25(20)23)27(26)32/h3-16H,17H2,1-2H3,(H,30,33). The Kier molecular flexibility index (Phi) is 5.99. The van der Waals surface area contributed by atoms with Crippen LogP contribution in [0.25, 0.3) is 10.8 Å². The maximum atomic E-state index is 12.8. The van der Waals surface area contributed by atoms with Crippen molar-refractivity contribution in [3.63, 3.8) is 0 Å². The van der Waals surface area contributed by atoms with Crippen LogP contribution in [-0.2, 0) is 16.6 Å². The molecule has 0 heterocycles. The molecule has 5 rings (SSSR count). The van der Waals surface area contributed by atoms with Crippen LogP contribution in [-0.4, -0.2) is 37.2 Å². The van der Waals surface area contributed by atoms with E-state index in [0.717, 1.165) is 21.9 Å². The Bertz CT molecular complexity index is 1640. The third-order valence-electron chi connectivity index (χ3n) is 6.24. The molecule has 0 saturated carbocycles.